The molecule has 116 valence electrons. The number of carbonyl (C=O) groups excluding carboxylic acids is 1. The van der Waals surface area contributed by atoms with E-state index in [1.807, 2.05) is 0 Å². The Morgan fingerprint density at radius 3 is 2.86 bits per heavy atom. The van der Waals surface area contributed by atoms with Gasteiger partial charge in [0.2, 0.25) is 0 Å². The summed E-state index contributed by atoms with van der Waals surface area (Å²) in [5.74, 6) is -1.26. The predicted octanol–water partition coefficient (Wildman–Crippen LogP) is 0.901. The number of ether oxygens (including phenoxy) is 2. The van der Waals surface area contributed by atoms with E-state index in [4.69, 9.17) is 9.47 Å². The summed E-state index contributed by atoms with van der Waals surface area (Å²) in [5.41, 5.74) is -0.654. The Labute approximate surface area is 126 Å². The van der Waals surface area contributed by atoms with Gasteiger partial charge in [0.25, 0.3) is 5.91 Å². The fourth-order valence-corrected chi connectivity index (χ4v) is 2.92. The highest BCUT2D eigenvalue weighted by atomic mass is 32.1. The second kappa shape index (κ2) is 6.97. The molecule has 1 aromatic rings. The van der Waals surface area contributed by atoms with Gasteiger partial charge in [-0.2, -0.15) is 0 Å². The Bertz CT molecular complexity index is 510. The van der Waals surface area contributed by atoms with Crippen molar-refractivity contribution in [1.82, 2.24) is 10.3 Å². The summed E-state index contributed by atoms with van der Waals surface area (Å²) in [6.07, 6.45) is 0.795. The van der Waals surface area contributed by atoms with Crippen LogP contribution in [0.2, 0.25) is 0 Å². The number of carboxylic acid groups (broad SMARTS) is 1. The van der Waals surface area contributed by atoms with Crippen LogP contribution in [0.3, 0.4) is 0 Å². The van der Waals surface area contributed by atoms with E-state index in [1.54, 1.807) is 12.5 Å². The Kier molecular flexibility index (Phi) is 5.27. The molecule has 0 unspecified atom stereocenters. The van der Waals surface area contributed by atoms with Gasteiger partial charge in [0, 0.05) is 32.2 Å². The van der Waals surface area contributed by atoms with Gasteiger partial charge in [-0.05, 0) is 12.8 Å². The second-order valence-electron chi connectivity index (χ2n) is 4.94. The third-order valence-electron chi connectivity index (χ3n) is 3.54. The van der Waals surface area contributed by atoms with Gasteiger partial charge >= 0.3 is 5.97 Å². The molecular formula is C13H18N2O5S. The minimum absolute atomic E-state index is 0.0850. The molecule has 1 aliphatic rings. The van der Waals surface area contributed by atoms with Crippen molar-refractivity contribution in [2.24, 2.45) is 5.41 Å². The number of carbonyl (C=O) groups is 2. The normalized spacial score (nSPS) is 17.4. The van der Waals surface area contributed by atoms with Crippen LogP contribution in [-0.4, -0.2) is 48.8 Å². The third kappa shape index (κ3) is 3.78. The summed E-state index contributed by atoms with van der Waals surface area (Å²) in [7, 11) is 1.56. The molecule has 1 fully saturated rings. The van der Waals surface area contributed by atoms with Crippen molar-refractivity contribution < 1.29 is 24.2 Å². The molecule has 0 radical (unpaired) electrons. The van der Waals surface area contributed by atoms with Crippen molar-refractivity contribution >= 4 is 23.2 Å². The lowest BCUT2D eigenvalue weighted by Crippen LogP contribution is -2.46. The van der Waals surface area contributed by atoms with E-state index in [1.165, 1.54) is 11.3 Å². The molecule has 8 heteroatoms. The average molecular weight is 314 g/mol. The van der Waals surface area contributed by atoms with Crippen LogP contribution in [-0.2, 0) is 20.9 Å². The number of nitrogens with zero attached hydrogens (tertiary/aromatic N) is 1. The van der Waals surface area contributed by atoms with Crippen LogP contribution < -0.4 is 5.32 Å². The zero-order valence-electron chi connectivity index (χ0n) is 11.8. The van der Waals surface area contributed by atoms with Gasteiger partial charge in [-0.15, -0.1) is 11.3 Å². The fraction of sp³-hybridized carbons (Fsp3) is 0.615. The SMILES string of the molecule is COCc1nc(C(=O)NCC2(C(=O)O)CCOCC2)cs1. The zero-order valence-corrected chi connectivity index (χ0v) is 12.6. The molecule has 1 amide bonds. The maximum absolute atomic E-state index is 12.0. The monoisotopic (exact) mass is 314 g/mol. The Morgan fingerprint density at radius 1 is 1.52 bits per heavy atom. The molecule has 2 N–H and O–H groups in total. The van der Waals surface area contributed by atoms with E-state index in [-0.39, 0.29) is 12.5 Å². The van der Waals surface area contributed by atoms with Crippen molar-refractivity contribution in [2.45, 2.75) is 19.4 Å². The fourth-order valence-electron chi connectivity index (χ4n) is 2.17. The van der Waals surface area contributed by atoms with E-state index in [0.29, 0.717) is 43.4 Å². The number of amides is 1. The lowest BCUT2D eigenvalue weighted by Gasteiger charge is -2.32. The lowest BCUT2D eigenvalue weighted by molar-refractivity contribution is -0.154. The van der Waals surface area contributed by atoms with Gasteiger partial charge in [0.15, 0.2) is 0 Å². The molecule has 1 saturated heterocycles. The largest absolute Gasteiger partial charge is 0.481 e. The first kappa shape index (κ1) is 15.9. The highest BCUT2D eigenvalue weighted by Crippen LogP contribution is 2.30. The van der Waals surface area contributed by atoms with Crippen LogP contribution in [0.5, 0.6) is 0 Å². The molecular weight excluding hydrogens is 296 g/mol. The van der Waals surface area contributed by atoms with E-state index in [0.717, 1.165) is 0 Å². The Hall–Kier alpha value is -1.51. The van der Waals surface area contributed by atoms with Crippen LogP contribution in [0.4, 0.5) is 0 Å². The lowest BCUT2D eigenvalue weighted by atomic mass is 9.80. The maximum Gasteiger partial charge on any atom is 0.311 e. The number of nitrogens with one attached hydrogen (secondary N) is 1. The predicted molar refractivity (Wildman–Crippen MR) is 75.3 cm³/mol. The van der Waals surface area contributed by atoms with Gasteiger partial charge in [0.05, 0.1) is 12.0 Å². The number of hydrogen-bond donors (Lipinski definition) is 2. The molecule has 2 rings (SSSR count). The quantitative estimate of drug-likeness (QED) is 0.809. The summed E-state index contributed by atoms with van der Waals surface area (Å²) >= 11 is 1.34. The van der Waals surface area contributed by atoms with Gasteiger partial charge in [-0.25, -0.2) is 4.98 Å². The first-order chi connectivity index (χ1) is 10.1. The molecule has 2 heterocycles. The van der Waals surface area contributed by atoms with Crippen molar-refractivity contribution in [3.8, 4) is 0 Å². The van der Waals surface area contributed by atoms with Crippen LogP contribution in [0.1, 0.15) is 28.3 Å². The average Bonchev–Trinajstić information content (AvgIpc) is 2.95. The molecule has 1 aliphatic heterocycles. The van der Waals surface area contributed by atoms with Crippen molar-refractivity contribution in [1.29, 1.82) is 0 Å². The minimum Gasteiger partial charge on any atom is -0.481 e. The van der Waals surface area contributed by atoms with Crippen molar-refractivity contribution in [3.05, 3.63) is 16.1 Å². The summed E-state index contributed by atoms with van der Waals surface area (Å²) < 4.78 is 10.1. The molecule has 0 spiro atoms. The summed E-state index contributed by atoms with van der Waals surface area (Å²) in [6.45, 7) is 1.24. The van der Waals surface area contributed by atoms with Crippen LogP contribution in [0.15, 0.2) is 5.38 Å². The number of thiazole rings is 1. The number of methoxy groups -OCH3 is 1. The van der Waals surface area contributed by atoms with Crippen molar-refractivity contribution in [2.75, 3.05) is 26.9 Å². The van der Waals surface area contributed by atoms with E-state index in [2.05, 4.69) is 10.3 Å². The molecule has 0 saturated carbocycles. The summed E-state index contributed by atoms with van der Waals surface area (Å²) in [4.78, 5) is 27.7. The molecule has 0 aromatic carbocycles. The first-order valence-corrected chi connectivity index (χ1v) is 7.48. The molecule has 0 aliphatic carbocycles. The van der Waals surface area contributed by atoms with E-state index >= 15 is 0 Å². The molecule has 1 aromatic heterocycles. The standard InChI is InChI=1S/C13H18N2O5S/c1-19-6-10-15-9(7-21-10)11(16)14-8-13(12(17)18)2-4-20-5-3-13/h7H,2-6,8H2,1H3,(H,14,16)(H,17,18). The highest BCUT2D eigenvalue weighted by Gasteiger charge is 2.40. The number of aliphatic carboxylic acids is 1. The third-order valence-corrected chi connectivity index (χ3v) is 4.37. The topological polar surface area (TPSA) is 97.8 Å². The number of aromatic nitrogens is 1. The highest BCUT2D eigenvalue weighted by molar-refractivity contribution is 7.09. The van der Waals surface area contributed by atoms with Gasteiger partial charge in [0.1, 0.15) is 10.7 Å². The Balaban J connectivity index is 1.96. The molecule has 21 heavy (non-hydrogen) atoms. The Morgan fingerprint density at radius 2 is 2.24 bits per heavy atom. The molecule has 7 nitrogen and oxygen atoms in total. The number of hydrogen-bond acceptors (Lipinski definition) is 6. The van der Waals surface area contributed by atoms with Crippen LogP contribution in [0.25, 0.3) is 0 Å². The summed E-state index contributed by atoms with van der Waals surface area (Å²) in [5, 5.41) is 14.4. The van der Waals surface area contributed by atoms with E-state index in [9.17, 15) is 14.7 Å². The van der Waals surface area contributed by atoms with Gasteiger partial charge < -0.3 is 19.9 Å². The number of rotatable bonds is 6. The maximum atomic E-state index is 12.0. The van der Waals surface area contributed by atoms with Gasteiger partial charge in [-0.3, -0.25) is 9.59 Å². The number of carboxylic acids is 1. The zero-order chi connectivity index (χ0) is 15.3. The van der Waals surface area contributed by atoms with E-state index < -0.39 is 11.4 Å². The van der Waals surface area contributed by atoms with Crippen LogP contribution in [0, 0.1) is 5.41 Å². The molecule has 0 bridgehead atoms. The smallest absolute Gasteiger partial charge is 0.311 e. The first-order valence-electron chi connectivity index (χ1n) is 6.60. The summed E-state index contributed by atoms with van der Waals surface area (Å²) in [6, 6.07) is 0. The van der Waals surface area contributed by atoms with Crippen LogP contribution >= 0.6 is 11.3 Å². The second-order valence-corrected chi connectivity index (χ2v) is 5.88. The van der Waals surface area contributed by atoms with Gasteiger partial charge in [-0.1, -0.05) is 0 Å². The van der Waals surface area contributed by atoms with Crippen molar-refractivity contribution in [3.63, 3.8) is 0 Å². The molecule has 0 atom stereocenters. The minimum atomic E-state index is -0.945.